The molecule has 4 fully saturated rings. The first-order valence-electron chi connectivity index (χ1n) is 12.3. The van der Waals surface area contributed by atoms with E-state index >= 15 is 0 Å². The van der Waals surface area contributed by atoms with Crippen LogP contribution in [0.4, 0.5) is 4.79 Å². The predicted octanol–water partition coefficient (Wildman–Crippen LogP) is 2.29. The Morgan fingerprint density at radius 2 is 1.82 bits per heavy atom. The summed E-state index contributed by atoms with van der Waals surface area (Å²) in [5.74, 6) is -0.526. The van der Waals surface area contributed by atoms with Gasteiger partial charge in [0.25, 0.3) is 0 Å². The Balaban J connectivity index is 1.41. The standard InChI is InChI=1S/C24H37N3O6/c1-5-15-12-24(15,21(30)31)26-19(28)17-7-6-8-27(17)20(29)18(23(2,3)4)25-22(32)33-16-10-13-9-14(13)11-16/h13-18H,5-12H2,1-4H3,(H,25,32)(H,26,28)(H,30,31)/t13-,14+,15-,16+,17+,18-,24?/m1/s1. The van der Waals surface area contributed by atoms with Gasteiger partial charge in [-0.15, -0.1) is 0 Å². The van der Waals surface area contributed by atoms with E-state index < -0.39 is 41.0 Å². The molecule has 0 spiro atoms. The second-order valence-corrected chi connectivity index (χ2v) is 11.5. The average Bonchev–Trinajstić information content (AvgIpc) is 3.50. The highest BCUT2D eigenvalue weighted by Crippen LogP contribution is 2.52. The highest BCUT2D eigenvalue weighted by atomic mass is 16.6. The molecule has 0 radical (unpaired) electrons. The summed E-state index contributed by atoms with van der Waals surface area (Å²) in [6.45, 7) is 7.88. The van der Waals surface area contributed by atoms with Crippen molar-refractivity contribution in [3.63, 3.8) is 0 Å². The van der Waals surface area contributed by atoms with Crippen molar-refractivity contribution >= 4 is 23.9 Å². The smallest absolute Gasteiger partial charge is 0.408 e. The number of hydrogen-bond acceptors (Lipinski definition) is 5. The van der Waals surface area contributed by atoms with Gasteiger partial charge in [0.15, 0.2) is 0 Å². The lowest BCUT2D eigenvalue weighted by Gasteiger charge is -2.35. The number of carboxylic acid groups (broad SMARTS) is 1. The quantitative estimate of drug-likeness (QED) is 0.532. The zero-order valence-electron chi connectivity index (χ0n) is 20.1. The summed E-state index contributed by atoms with van der Waals surface area (Å²) in [4.78, 5) is 52.5. The van der Waals surface area contributed by atoms with Crippen molar-refractivity contribution in [3.05, 3.63) is 0 Å². The number of carbonyl (C=O) groups excluding carboxylic acids is 3. The van der Waals surface area contributed by atoms with Crippen molar-refractivity contribution in [1.29, 1.82) is 0 Å². The molecule has 4 aliphatic rings. The molecule has 33 heavy (non-hydrogen) atoms. The minimum Gasteiger partial charge on any atom is -0.479 e. The van der Waals surface area contributed by atoms with Crippen molar-refractivity contribution in [3.8, 4) is 0 Å². The van der Waals surface area contributed by atoms with Crippen LogP contribution >= 0.6 is 0 Å². The third kappa shape index (κ3) is 4.68. The SMILES string of the molecule is CC[C@@H]1CC1(NC(=O)[C@@H]1CCCN1C(=O)[C@@H](NC(=O)O[C@@H]1C[C@@H]2C[C@@H]2C1)C(C)(C)C)C(=O)O. The molecule has 1 unspecified atom stereocenters. The first-order chi connectivity index (χ1) is 15.5. The van der Waals surface area contributed by atoms with E-state index in [0.29, 0.717) is 44.1 Å². The summed E-state index contributed by atoms with van der Waals surface area (Å²) in [6, 6.07) is -1.59. The van der Waals surface area contributed by atoms with Crippen LogP contribution in [0.25, 0.3) is 0 Å². The van der Waals surface area contributed by atoms with Crippen LogP contribution in [0.2, 0.25) is 0 Å². The van der Waals surface area contributed by atoms with Crippen molar-refractivity contribution < 1.29 is 29.0 Å². The Morgan fingerprint density at radius 1 is 1.15 bits per heavy atom. The second-order valence-electron chi connectivity index (χ2n) is 11.5. The fourth-order valence-electron chi connectivity index (χ4n) is 5.77. The Bertz CT molecular complexity index is 829. The van der Waals surface area contributed by atoms with Gasteiger partial charge in [0.05, 0.1) is 0 Å². The van der Waals surface area contributed by atoms with Crippen molar-refractivity contribution in [2.45, 2.75) is 96.4 Å². The zero-order valence-corrected chi connectivity index (χ0v) is 20.1. The molecule has 9 nitrogen and oxygen atoms in total. The fraction of sp³-hybridized carbons (Fsp3) is 0.833. The van der Waals surface area contributed by atoms with Crippen molar-refractivity contribution in [2.75, 3.05) is 6.54 Å². The van der Waals surface area contributed by atoms with Gasteiger partial charge in [0.2, 0.25) is 11.8 Å². The van der Waals surface area contributed by atoms with Crippen LogP contribution in [-0.4, -0.2) is 64.2 Å². The molecular weight excluding hydrogens is 426 g/mol. The number of carbonyl (C=O) groups is 4. The third-order valence-corrected chi connectivity index (χ3v) is 8.01. The number of aliphatic carboxylic acids is 1. The lowest BCUT2D eigenvalue weighted by atomic mass is 9.85. The number of amides is 3. The van der Waals surface area contributed by atoms with Crippen LogP contribution in [-0.2, 0) is 19.1 Å². The summed E-state index contributed by atoms with van der Waals surface area (Å²) in [5, 5.41) is 15.1. The van der Waals surface area contributed by atoms with Gasteiger partial charge >= 0.3 is 12.1 Å². The molecule has 0 aromatic carbocycles. The minimum atomic E-state index is -1.23. The first kappa shape index (κ1) is 23.8. The van der Waals surface area contributed by atoms with Crippen LogP contribution in [0.15, 0.2) is 0 Å². The topological polar surface area (TPSA) is 125 Å². The molecule has 3 amide bonds. The molecule has 1 aliphatic heterocycles. The molecule has 184 valence electrons. The molecule has 3 N–H and O–H groups in total. The molecule has 1 saturated heterocycles. The Kier molecular flexibility index (Phi) is 6.12. The van der Waals surface area contributed by atoms with E-state index in [9.17, 15) is 24.3 Å². The van der Waals surface area contributed by atoms with Crippen LogP contribution in [0.1, 0.15) is 72.6 Å². The van der Waals surface area contributed by atoms with Gasteiger partial charge in [0, 0.05) is 6.54 Å². The number of ether oxygens (including phenoxy) is 1. The number of likely N-dealkylation sites (tertiary alicyclic amines) is 1. The Labute approximate surface area is 195 Å². The van der Waals surface area contributed by atoms with Gasteiger partial charge in [-0.05, 0) is 61.7 Å². The number of alkyl carbamates (subject to hydrolysis) is 1. The van der Waals surface area contributed by atoms with Gasteiger partial charge in [-0.1, -0.05) is 34.1 Å². The number of rotatable bonds is 7. The number of hydrogen-bond donors (Lipinski definition) is 3. The third-order valence-electron chi connectivity index (χ3n) is 8.01. The predicted molar refractivity (Wildman–Crippen MR) is 119 cm³/mol. The molecule has 3 aliphatic carbocycles. The summed E-state index contributed by atoms with van der Waals surface area (Å²) in [5.41, 5.74) is -1.82. The Morgan fingerprint density at radius 3 is 2.36 bits per heavy atom. The number of nitrogens with zero attached hydrogens (tertiary/aromatic N) is 1. The normalized spacial score (nSPS) is 35.4. The molecule has 1 heterocycles. The molecule has 0 bridgehead atoms. The van der Waals surface area contributed by atoms with E-state index in [4.69, 9.17) is 4.74 Å². The maximum absolute atomic E-state index is 13.5. The average molecular weight is 464 g/mol. The van der Waals surface area contributed by atoms with E-state index in [-0.39, 0.29) is 17.9 Å². The summed E-state index contributed by atoms with van der Waals surface area (Å²) in [6.07, 6.45) is 4.52. The van der Waals surface area contributed by atoms with Gasteiger partial charge < -0.3 is 25.4 Å². The lowest BCUT2D eigenvalue weighted by Crippen LogP contribution is -2.59. The van der Waals surface area contributed by atoms with Crippen LogP contribution in [0.5, 0.6) is 0 Å². The zero-order chi connectivity index (χ0) is 24.1. The van der Waals surface area contributed by atoms with E-state index in [1.807, 2.05) is 27.7 Å². The second kappa shape index (κ2) is 8.47. The van der Waals surface area contributed by atoms with Crippen molar-refractivity contribution in [1.82, 2.24) is 15.5 Å². The monoisotopic (exact) mass is 463 g/mol. The number of fused-ring (bicyclic) bond motifs is 1. The van der Waals surface area contributed by atoms with Crippen LogP contribution in [0, 0.1) is 23.2 Å². The first-order valence-corrected chi connectivity index (χ1v) is 12.3. The Hall–Kier alpha value is -2.32. The van der Waals surface area contributed by atoms with Crippen LogP contribution < -0.4 is 10.6 Å². The van der Waals surface area contributed by atoms with Gasteiger partial charge in [-0.2, -0.15) is 0 Å². The summed E-state index contributed by atoms with van der Waals surface area (Å²) in [7, 11) is 0. The lowest BCUT2D eigenvalue weighted by molar-refractivity contribution is -0.146. The highest BCUT2D eigenvalue weighted by molar-refractivity contribution is 5.96. The molecule has 4 rings (SSSR count). The molecule has 9 heteroatoms. The maximum Gasteiger partial charge on any atom is 0.408 e. The molecule has 0 aromatic rings. The number of nitrogens with one attached hydrogen (secondary N) is 2. The molecular formula is C24H37N3O6. The largest absolute Gasteiger partial charge is 0.479 e. The van der Waals surface area contributed by atoms with Gasteiger partial charge in [-0.25, -0.2) is 9.59 Å². The van der Waals surface area contributed by atoms with E-state index in [1.165, 1.54) is 11.3 Å². The fourth-order valence-corrected chi connectivity index (χ4v) is 5.77. The minimum absolute atomic E-state index is 0.0907. The molecule has 0 aromatic heterocycles. The van der Waals surface area contributed by atoms with Crippen LogP contribution in [0.3, 0.4) is 0 Å². The maximum atomic E-state index is 13.5. The summed E-state index contributed by atoms with van der Waals surface area (Å²) < 4.78 is 5.58. The number of carboxylic acids is 1. The van der Waals surface area contributed by atoms with Gasteiger partial charge in [-0.3, -0.25) is 9.59 Å². The molecule has 3 saturated carbocycles. The molecule has 7 atom stereocenters. The highest BCUT2D eigenvalue weighted by Gasteiger charge is 2.61. The van der Waals surface area contributed by atoms with Crippen molar-refractivity contribution in [2.24, 2.45) is 23.2 Å². The van der Waals surface area contributed by atoms with Gasteiger partial charge in [0.1, 0.15) is 23.7 Å². The van der Waals surface area contributed by atoms with E-state index in [1.54, 1.807) is 0 Å². The van der Waals surface area contributed by atoms with E-state index in [0.717, 1.165) is 12.8 Å². The van der Waals surface area contributed by atoms with E-state index in [2.05, 4.69) is 10.6 Å². The summed E-state index contributed by atoms with van der Waals surface area (Å²) >= 11 is 0.